The van der Waals surface area contributed by atoms with E-state index in [2.05, 4.69) is 23.0 Å². The Bertz CT molecular complexity index is 768. The second-order valence-corrected chi connectivity index (χ2v) is 4.95. The second kappa shape index (κ2) is 15.8. The number of nitrogens with one attached hydrogen (secondary N) is 1. The molecule has 0 aliphatic carbocycles. The summed E-state index contributed by atoms with van der Waals surface area (Å²) in [7, 11) is 1.76. The van der Waals surface area contributed by atoms with Crippen LogP contribution in [-0.2, 0) is 6.54 Å². The summed E-state index contributed by atoms with van der Waals surface area (Å²) in [4.78, 5) is 19.8. The molecule has 0 unspecified atom stereocenters. The molecule has 1 heterocycles. The highest BCUT2D eigenvalue weighted by Gasteiger charge is 2.03. The molecule has 1 rings (SSSR count). The smallest absolute Gasteiger partial charge is 0.261 e. The molecule has 0 aromatic carbocycles. The predicted octanol–water partition coefficient (Wildman–Crippen LogP) is 3.99. The lowest BCUT2D eigenvalue weighted by Crippen LogP contribution is -2.47. The van der Waals surface area contributed by atoms with Crippen LogP contribution in [0, 0.1) is 4.77 Å². The summed E-state index contributed by atoms with van der Waals surface area (Å²) < 4.78 is 2.05. The molecule has 0 aliphatic heterocycles. The quantitative estimate of drug-likeness (QED) is 0.634. The van der Waals surface area contributed by atoms with Gasteiger partial charge in [-0.2, -0.15) is 0 Å². The highest BCUT2D eigenvalue weighted by Crippen LogP contribution is 1.94. The number of H-pyrrole nitrogens is 1. The third-order valence-corrected chi connectivity index (χ3v) is 3.58. The van der Waals surface area contributed by atoms with Gasteiger partial charge < -0.3 is 4.98 Å². The topological polar surface area (TPSA) is 50.1 Å². The van der Waals surface area contributed by atoms with Gasteiger partial charge in [-0.1, -0.05) is 52.8 Å². The Morgan fingerprint density at radius 2 is 1.80 bits per heavy atom. The van der Waals surface area contributed by atoms with Crippen LogP contribution in [0.15, 0.2) is 21.9 Å². The highest BCUT2D eigenvalue weighted by atomic mass is 32.1. The molecule has 4 nitrogen and oxygen atoms in total. The minimum atomic E-state index is -0.0516. The Morgan fingerprint density at radius 1 is 1.20 bits per heavy atom. The molecule has 5 heteroatoms. The number of allylic oxidation sites excluding steroid dienone is 2. The Kier molecular flexibility index (Phi) is 16.1. The second-order valence-electron chi connectivity index (χ2n) is 4.57. The molecular formula is C20H35N3OS. The fourth-order valence-electron chi connectivity index (χ4n) is 2.06. The first-order chi connectivity index (χ1) is 12.1. The normalized spacial score (nSPS) is 12.6. The number of aliphatic imine (C=N–C) groups is 1. The zero-order valence-corrected chi connectivity index (χ0v) is 18.0. The van der Waals surface area contributed by atoms with Crippen LogP contribution in [-0.4, -0.2) is 22.3 Å². The standard InChI is InChI=1S/C16H23N3OS.2C2H6/c1-5-8-9-12(17-4)10-11-19-15(20)13(6-2)14(7-3)18-16(19)21;2*1-2/h6-9H,5,10-11H2,1-4H3,(H,18,21);2*1-2H3/b9-8-,13-6+,14-7+,17-12?;;. The van der Waals surface area contributed by atoms with Crippen LogP contribution in [0.4, 0.5) is 0 Å². The van der Waals surface area contributed by atoms with Crippen LogP contribution < -0.4 is 16.1 Å². The number of nitrogens with zero attached hydrogens (tertiary/aromatic N) is 2. The highest BCUT2D eigenvalue weighted by molar-refractivity contribution is 7.71. The van der Waals surface area contributed by atoms with Crippen LogP contribution in [0.5, 0.6) is 0 Å². The average molecular weight is 366 g/mol. The van der Waals surface area contributed by atoms with Crippen molar-refractivity contribution in [2.24, 2.45) is 4.99 Å². The van der Waals surface area contributed by atoms with E-state index < -0.39 is 0 Å². The van der Waals surface area contributed by atoms with E-state index in [1.165, 1.54) is 0 Å². The van der Waals surface area contributed by atoms with Crippen molar-refractivity contribution in [1.82, 2.24) is 9.55 Å². The third-order valence-electron chi connectivity index (χ3n) is 3.25. The van der Waals surface area contributed by atoms with Gasteiger partial charge in [0.1, 0.15) is 0 Å². The number of aromatic nitrogens is 2. The zero-order chi connectivity index (χ0) is 19.8. The van der Waals surface area contributed by atoms with Crippen LogP contribution in [0.1, 0.15) is 61.3 Å². The van der Waals surface area contributed by atoms with Gasteiger partial charge in [0.2, 0.25) is 0 Å². The molecule has 0 spiro atoms. The van der Waals surface area contributed by atoms with Crippen molar-refractivity contribution in [2.45, 2.75) is 67.9 Å². The van der Waals surface area contributed by atoms with E-state index in [0.717, 1.165) is 17.5 Å². The monoisotopic (exact) mass is 365 g/mol. The molecule has 0 saturated carbocycles. The van der Waals surface area contributed by atoms with Gasteiger partial charge in [0.15, 0.2) is 4.77 Å². The first-order valence-electron chi connectivity index (χ1n) is 9.17. The Labute approximate surface area is 157 Å². The molecule has 142 valence electrons. The van der Waals surface area contributed by atoms with E-state index >= 15 is 0 Å². The summed E-state index contributed by atoms with van der Waals surface area (Å²) >= 11 is 5.29. The fourth-order valence-corrected chi connectivity index (χ4v) is 2.35. The van der Waals surface area contributed by atoms with Crippen molar-refractivity contribution >= 4 is 30.1 Å². The average Bonchev–Trinajstić information content (AvgIpc) is 2.66. The van der Waals surface area contributed by atoms with Gasteiger partial charge in [0, 0.05) is 31.1 Å². The fraction of sp³-hybridized carbons (Fsp3) is 0.550. The Hall–Kier alpha value is -1.75. The summed E-state index contributed by atoms with van der Waals surface area (Å²) in [6.45, 7) is 14.3. The summed E-state index contributed by atoms with van der Waals surface area (Å²) in [6, 6.07) is 0. The maximum absolute atomic E-state index is 12.5. The first-order valence-corrected chi connectivity index (χ1v) is 9.57. The van der Waals surface area contributed by atoms with Gasteiger partial charge in [-0.05, 0) is 38.6 Å². The first kappa shape index (κ1) is 25.5. The molecule has 0 amide bonds. The van der Waals surface area contributed by atoms with E-state index in [0.29, 0.717) is 23.0 Å². The van der Waals surface area contributed by atoms with E-state index in [1.54, 1.807) is 11.6 Å². The molecule has 1 aromatic rings. The SMILES string of the molecule is C/C=c1/[nH]c(=S)n(CCC(/C=C\CC)=NC)c(=O)/c1=C/C.CC.CC. The third kappa shape index (κ3) is 8.25. The van der Waals surface area contributed by atoms with E-state index in [-0.39, 0.29) is 5.56 Å². The van der Waals surface area contributed by atoms with Crippen molar-refractivity contribution in [2.75, 3.05) is 7.05 Å². The Morgan fingerprint density at radius 3 is 2.24 bits per heavy atom. The molecular weight excluding hydrogens is 330 g/mol. The zero-order valence-electron chi connectivity index (χ0n) is 17.1. The lowest BCUT2D eigenvalue weighted by atomic mass is 10.2. The van der Waals surface area contributed by atoms with Crippen LogP contribution in [0.25, 0.3) is 12.2 Å². The van der Waals surface area contributed by atoms with Gasteiger partial charge in [0.25, 0.3) is 5.56 Å². The minimum Gasteiger partial charge on any atom is -0.332 e. The molecule has 1 N–H and O–H groups in total. The van der Waals surface area contributed by atoms with Gasteiger partial charge in [-0.15, -0.1) is 0 Å². The molecule has 0 aliphatic rings. The molecule has 0 atom stereocenters. The molecule has 0 bridgehead atoms. The van der Waals surface area contributed by atoms with Gasteiger partial charge in [-0.25, -0.2) is 0 Å². The van der Waals surface area contributed by atoms with Gasteiger partial charge in [0.05, 0.1) is 5.22 Å². The van der Waals surface area contributed by atoms with Crippen molar-refractivity contribution < 1.29 is 0 Å². The molecule has 0 radical (unpaired) electrons. The maximum Gasteiger partial charge on any atom is 0.261 e. The lowest BCUT2D eigenvalue weighted by Gasteiger charge is -2.06. The largest absolute Gasteiger partial charge is 0.332 e. The van der Waals surface area contributed by atoms with Crippen molar-refractivity contribution in [3.63, 3.8) is 0 Å². The van der Waals surface area contributed by atoms with Gasteiger partial charge in [-0.3, -0.25) is 14.4 Å². The van der Waals surface area contributed by atoms with E-state index in [9.17, 15) is 4.79 Å². The predicted molar refractivity (Wildman–Crippen MR) is 116 cm³/mol. The molecule has 1 aromatic heterocycles. The van der Waals surface area contributed by atoms with Crippen LogP contribution in [0.2, 0.25) is 0 Å². The molecule has 0 saturated heterocycles. The summed E-state index contributed by atoms with van der Waals surface area (Å²) in [5, 5.41) is 1.43. The number of rotatable bonds is 5. The minimum absolute atomic E-state index is 0.0516. The van der Waals surface area contributed by atoms with Crippen molar-refractivity contribution in [1.29, 1.82) is 0 Å². The van der Waals surface area contributed by atoms with Gasteiger partial charge >= 0.3 is 0 Å². The van der Waals surface area contributed by atoms with Crippen molar-refractivity contribution in [3.8, 4) is 0 Å². The number of aromatic amines is 1. The van der Waals surface area contributed by atoms with Crippen LogP contribution in [0.3, 0.4) is 0 Å². The number of hydrogen-bond donors (Lipinski definition) is 1. The molecule has 0 fully saturated rings. The summed E-state index contributed by atoms with van der Waals surface area (Å²) in [6.07, 6.45) is 9.38. The van der Waals surface area contributed by atoms with E-state index in [4.69, 9.17) is 12.2 Å². The van der Waals surface area contributed by atoms with Crippen molar-refractivity contribution in [3.05, 3.63) is 37.8 Å². The Balaban J connectivity index is 0. The van der Waals surface area contributed by atoms with E-state index in [1.807, 2.05) is 59.8 Å². The summed E-state index contributed by atoms with van der Waals surface area (Å²) in [5.41, 5.74) is 0.913. The lowest BCUT2D eigenvalue weighted by molar-refractivity contribution is 0.656. The maximum atomic E-state index is 12.5. The van der Waals surface area contributed by atoms with Crippen LogP contribution >= 0.6 is 12.2 Å². The molecule has 25 heavy (non-hydrogen) atoms. The summed E-state index contributed by atoms with van der Waals surface area (Å²) in [5.74, 6) is 0. The number of hydrogen-bond acceptors (Lipinski definition) is 3.